The zero-order valence-corrected chi connectivity index (χ0v) is 14.1. The number of ether oxygens (including phenoxy) is 2. The van der Waals surface area contributed by atoms with Crippen molar-refractivity contribution in [3.05, 3.63) is 58.7 Å². The molecule has 3 heteroatoms. The van der Waals surface area contributed by atoms with Gasteiger partial charge in [-0.1, -0.05) is 35.4 Å². The zero-order valence-electron chi connectivity index (χ0n) is 14.1. The van der Waals surface area contributed by atoms with Crippen LogP contribution in [-0.4, -0.2) is 14.2 Å². The van der Waals surface area contributed by atoms with Crippen molar-refractivity contribution in [2.24, 2.45) is 0 Å². The van der Waals surface area contributed by atoms with Crippen LogP contribution in [0.1, 0.15) is 35.2 Å². The molecule has 0 bridgehead atoms. The molecule has 0 aliphatic rings. The minimum atomic E-state index is 0.237. The number of aryl methyl sites for hydroxylation is 2. The first-order chi connectivity index (χ1) is 10.5. The summed E-state index contributed by atoms with van der Waals surface area (Å²) in [6, 6.07) is 12.9. The van der Waals surface area contributed by atoms with Gasteiger partial charge < -0.3 is 14.8 Å². The molecular weight excluding hydrogens is 274 g/mol. The highest BCUT2D eigenvalue weighted by molar-refractivity contribution is 5.43. The molecule has 0 aliphatic heterocycles. The van der Waals surface area contributed by atoms with Crippen LogP contribution in [0.2, 0.25) is 0 Å². The molecule has 2 aromatic carbocycles. The van der Waals surface area contributed by atoms with E-state index in [0.29, 0.717) is 0 Å². The van der Waals surface area contributed by atoms with Gasteiger partial charge in [0.15, 0.2) is 11.5 Å². The number of benzene rings is 2. The summed E-state index contributed by atoms with van der Waals surface area (Å²) >= 11 is 0. The molecule has 0 aliphatic carbocycles. The first-order valence-corrected chi connectivity index (χ1v) is 7.56. The Bertz CT molecular complexity index is 617. The summed E-state index contributed by atoms with van der Waals surface area (Å²) in [5.74, 6) is 1.52. The zero-order chi connectivity index (χ0) is 16.1. The summed E-state index contributed by atoms with van der Waals surface area (Å²) in [5, 5.41) is 3.56. The highest BCUT2D eigenvalue weighted by Crippen LogP contribution is 2.29. The molecule has 0 amide bonds. The van der Waals surface area contributed by atoms with Gasteiger partial charge in [0.25, 0.3) is 0 Å². The number of hydrogen-bond donors (Lipinski definition) is 1. The molecule has 2 aromatic rings. The van der Waals surface area contributed by atoms with E-state index >= 15 is 0 Å². The van der Waals surface area contributed by atoms with Crippen molar-refractivity contribution >= 4 is 0 Å². The molecule has 0 spiro atoms. The molecule has 0 fully saturated rings. The van der Waals surface area contributed by atoms with Crippen molar-refractivity contribution in [3.8, 4) is 11.5 Å². The van der Waals surface area contributed by atoms with E-state index in [-0.39, 0.29) is 6.04 Å². The molecule has 0 aromatic heterocycles. The normalized spacial score (nSPS) is 12.0. The second-order valence-corrected chi connectivity index (χ2v) is 5.71. The van der Waals surface area contributed by atoms with Gasteiger partial charge in [0.1, 0.15) is 0 Å². The Kier molecular flexibility index (Phi) is 5.45. The van der Waals surface area contributed by atoms with Crippen LogP contribution < -0.4 is 14.8 Å². The quantitative estimate of drug-likeness (QED) is 0.868. The molecular formula is C19H25NO2. The van der Waals surface area contributed by atoms with E-state index < -0.39 is 0 Å². The molecule has 1 unspecified atom stereocenters. The molecule has 3 nitrogen and oxygen atoms in total. The van der Waals surface area contributed by atoms with Gasteiger partial charge in [-0.2, -0.15) is 0 Å². The Morgan fingerprint density at radius 1 is 0.909 bits per heavy atom. The van der Waals surface area contributed by atoms with Gasteiger partial charge in [-0.25, -0.2) is 0 Å². The van der Waals surface area contributed by atoms with Gasteiger partial charge in [0.05, 0.1) is 14.2 Å². The van der Waals surface area contributed by atoms with E-state index in [1.54, 1.807) is 14.2 Å². The van der Waals surface area contributed by atoms with Crippen molar-refractivity contribution in [3.63, 3.8) is 0 Å². The van der Waals surface area contributed by atoms with Gasteiger partial charge in [-0.05, 0) is 44.0 Å². The van der Waals surface area contributed by atoms with Crippen LogP contribution in [0.25, 0.3) is 0 Å². The lowest BCUT2D eigenvalue weighted by Crippen LogP contribution is -2.18. The summed E-state index contributed by atoms with van der Waals surface area (Å²) in [4.78, 5) is 0. The highest BCUT2D eigenvalue weighted by Gasteiger charge is 2.10. The summed E-state index contributed by atoms with van der Waals surface area (Å²) < 4.78 is 10.6. The molecule has 1 N–H and O–H groups in total. The summed E-state index contributed by atoms with van der Waals surface area (Å²) in [6.07, 6.45) is 0. The fourth-order valence-corrected chi connectivity index (χ4v) is 2.68. The molecule has 1 atom stereocenters. The second-order valence-electron chi connectivity index (χ2n) is 5.71. The van der Waals surface area contributed by atoms with Gasteiger partial charge in [0, 0.05) is 12.6 Å². The average molecular weight is 299 g/mol. The van der Waals surface area contributed by atoms with E-state index in [1.165, 1.54) is 22.3 Å². The van der Waals surface area contributed by atoms with Crippen molar-refractivity contribution in [1.29, 1.82) is 0 Å². The molecule has 0 radical (unpaired) electrons. The first kappa shape index (κ1) is 16.4. The Hall–Kier alpha value is -2.00. The van der Waals surface area contributed by atoms with Gasteiger partial charge in [-0.3, -0.25) is 0 Å². The van der Waals surface area contributed by atoms with E-state index in [4.69, 9.17) is 9.47 Å². The third-order valence-corrected chi connectivity index (χ3v) is 3.80. The molecule has 0 saturated carbocycles. The monoisotopic (exact) mass is 299 g/mol. The fraction of sp³-hybridized carbons (Fsp3) is 0.368. The van der Waals surface area contributed by atoms with Crippen molar-refractivity contribution in [2.75, 3.05) is 14.2 Å². The first-order valence-electron chi connectivity index (χ1n) is 7.56. The predicted molar refractivity (Wildman–Crippen MR) is 90.7 cm³/mol. The standard InChI is InChI=1S/C19H25NO2/c1-13-8-14(2)10-16(9-13)12-20-15(3)17-6-7-18(21-4)19(11-17)22-5/h6-11,15,20H,12H2,1-5H3. The number of methoxy groups -OCH3 is 2. The second kappa shape index (κ2) is 7.32. The average Bonchev–Trinajstić information content (AvgIpc) is 2.51. The van der Waals surface area contributed by atoms with Crippen LogP contribution in [-0.2, 0) is 6.54 Å². The van der Waals surface area contributed by atoms with Crippen LogP contribution in [0.3, 0.4) is 0 Å². The van der Waals surface area contributed by atoms with Crippen LogP contribution in [0.4, 0.5) is 0 Å². The van der Waals surface area contributed by atoms with E-state index in [0.717, 1.165) is 18.0 Å². The van der Waals surface area contributed by atoms with Crippen LogP contribution in [0.5, 0.6) is 11.5 Å². The van der Waals surface area contributed by atoms with Crippen LogP contribution in [0.15, 0.2) is 36.4 Å². The summed E-state index contributed by atoms with van der Waals surface area (Å²) in [5.41, 5.74) is 5.10. The minimum Gasteiger partial charge on any atom is -0.493 e. The maximum atomic E-state index is 5.37. The molecule has 0 heterocycles. The van der Waals surface area contributed by atoms with Crippen molar-refractivity contribution < 1.29 is 9.47 Å². The summed E-state index contributed by atoms with van der Waals surface area (Å²) in [6.45, 7) is 7.27. The largest absolute Gasteiger partial charge is 0.493 e. The fourth-order valence-electron chi connectivity index (χ4n) is 2.68. The van der Waals surface area contributed by atoms with Crippen molar-refractivity contribution in [1.82, 2.24) is 5.32 Å². The van der Waals surface area contributed by atoms with Gasteiger partial charge in [0.2, 0.25) is 0 Å². The molecule has 2 rings (SSSR count). The number of nitrogens with one attached hydrogen (secondary N) is 1. The van der Waals surface area contributed by atoms with E-state index in [2.05, 4.69) is 50.4 Å². The maximum Gasteiger partial charge on any atom is 0.161 e. The predicted octanol–water partition coefficient (Wildman–Crippen LogP) is 4.17. The van der Waals surface area contributed by atoms with E-state index in [9.17, 15) is 0 Å². The Labute approximate surface area is 133 Å². The molecule has 118 valence electrons. The van der Waals surface area contributed by atoms with Crippen LogP contribution >= 0.6 is 0 Å². The van der Waals surface area contributed by atoms with Gasteiger partial charge in [-0.15, -0.1) is 0 Å². The lowest BCUT2D eigenvalue weighted by Gasteiger charge is -2.17. The third kappa shape index (κ3) is 4.01. The number of rotatable bonds is 6. The maximum absolute atomic E-state index is 5.37. The SMILES string of the molecule is COc1ccc(C(C)NCc2cc(C)cc(C)c2)cc1OC. The minimum absolute atomic E-state index is 0.237. The topological polar surface area (TPSA) is 30.5 Å². The Morgan fingerprint density at radius 3 is 2.14 bits per heavy atom. The Morgan fingerprint density at radius 2 is 1.55 bits per heavy atom. The van der Waals surface area contributed by atoms with Crippen molar-refractivity contribution in [2.45, 2.75) is 33.4 Å². The van der Waals surface area contributed by atoms with Gasteiger partial charge >= 0.3 is 0 Å². The van der Waals surface area contributed by atoms with E-state index in [1.807, 2.05) is 12.1 Å². The molecule has 0 saturated heterocycles. The third-order valence-electron chi connectivity index (χ3n) is 3.80. The highest BCUT2D eigenvalue weighted by atomic mass is 16.5. The lowest BCUT2D eigenvalue weighted by molar-refractivity contribution is 0.354. The molecule has 22 heavy (non-hydrogen) atoms. The summed E-state index contributed by atoms with van der Waals surface area (Å²) in [7, 11) is 3.31. The van der Waals surface area contributed by atoms with Crippen LogP contribution in [0, 0.1) is 13.8 Å². The Balaban J connectivity index is 2.07. The number of hydrogen-bond acceptors (Lipinski definition) is 3. The smallest absolute Gasteiger partial charge is 0.161 e. The lowest BCUT2D eigenvalue weighted by atomic mass is 10.1.